The van der Waals surface area contributed by atoms with Crippen LogP contribution in [0, 0.1) is 6.92 Å². The Bertz CT molecular complexity index is 549. The first kappa shape index (κ1) is 12.1. The minimum Gasteiger partial charge on any atom is -0.396 e. The molecule has 0 atom stereocenters. The van der Waals surface area contributed by atoms with Gasteiger partial charge in [0.05, 0.1) is 18.4 Å². The quantitative estimate of drug-likeness (QED) is 0.825. The van der Waals surface area contributed by atoms with Crippen molar-refractivity contribution < 1.29 is 4.79 Å². The zero-order valence-electron chi connectivity index (χ0n) is 10.1. The van der Waals surface area contributed by atoms with Crippen molar-refractivity contribution in [3.63, 3.8) is 0 Å². The highest BCUT2D eigenvalue weighted by molar-refractivity contribution is 5.92. The number of hydrogen-bond donors (Lipinski definition) is 2. The number of amides is 1. The van der Waals surface area contributed by atoms with Gasteiger partial charge in [-0.2, -0.15) is 5.10 Å². The number of pyridine rings is 1. The molecule has 6 nitrogen and oxygen atoms in total. The molecule has 2 rings (SSSR count). The number of nitrogens with zero attached hydrogens (tertiary/aromatic N) is 3. The lowest BCUT2D eigenvalue weighted by molar-refractivity contribution is 0.0947. The van der Waals surface area contributed by atoms with E-state index in [0.717, 1.165) is 5.69 Å². The Morgan fingerprint density at radius 1 is 1.50 bits per heavy atom. The van der Waals surface area contributed by atoms with Gasteiger partial charge in [0.1, 0.15) is 5.69 Å². The van der Waals surface area contributed by atoms with Crippen LogP contribution in [0.2, 0.25) is 0 Å². The van der Waals surface area contributed by atoms with E-state index >= 15 is 0 Å². The molecular weight excluding hydrogens is 230 g/mol. The minimum absolute atomic E-state index is 0.182. The molecule has 94 valence electrons. The van der Waals surface area contributed by atoms with Gasteiger partial charge in [-0.15, -0.1) is 0 Å². The lowest BCUT2D eigenvalue weighted by Crippen LogP contribution is -2.28. The van der Waals surface area contributed by atoms with Crippen molar-refractivity contribution in [2.45, 2.75) is 13.5 Å². The summed E-state index contributed by atoms with van der Waals surface area (Å²) in [5, 5.41) is 6.81. The molecule has 18 heavy (non-hydrogen) atoms. The Hall–Kier alpha value is -2.37. The van der Waals surface area contributed by atoms with E-state index in [-0.39, 0.29) is 5.91 Å². The van der Waals surface area contributed by atoms with E-state index in [1.54, 1.807) is 23.1 Å². The third kappa shape index (κ3) is 3.07. The van der Waals surface area contributed by atoms with Crippen LogP contribution in [0.5, 0.6) is 0 Å². The third-order valence-electron chi connectivity index (χ3n) is 2.40. The molecule has 0 spiro atoms. The maximum atomic E-state index is 11.8. The number of aryl methyl sites for hydroxylation is 1. The van der Waals surface area contributed by atoms with Crippen LogP contribution in [0.25, 0.3) is 0 Å². The molecule has 0 aliphatic rings. The topological polar surface area (TPSA) is 85.8 Å². The summed E-state index contributed by atoms with van der Waals surface area (Å²) in [6.45, 7) is 2.91. The summed E-state index contributed by atoms with van der Waals surface area (Å²) in [6, 6.07) is 5.35. The van der Waals surface area contributed by atoms with Crippen molar-refractivity contribution in [2.75, 3.05) is 12.3 Å². The summed E-state index contributed by atoms with van der Waals surface area (Å²) >= 11 is 0. The Morgan fingerprint density at radius 3 is 3.00 bits per heavy atom. The van der Waals surface area contributed by atoms with E-state index in [1.807, 2.05) is 19.1 Å². The van der Waals surface area contributed by atoms with Gasteiger partial charge in [0.2, 0.25) is 0 Å². The summed E-state index contributed by atoms with van der Waals surface area (Å²) in [5.41, 5.74) is 7.40. The van der Waals surface area contributed by atoms with Gasteiger partial charge >= 0.3 is 0 Å². The molecule has 2 aromatic rings. The van der Waals surface area contributed by atoms with Crippen molar-refractivity contribution in [2.24, 2.45) is 0 Å². The molecule has 6 heteroatoms. The van der Waals surface area contributed by atoms with Crippen molar-refractivity contribution in [1.29, 1.82) is 0 Å². The van der Waals surface area contributed by atoms with Gasteiger partial charge in [0, 0.05) is 18.4 Å². The second-order valence-electron chi connectivity index (χ2n) is 3.96. The second-order valence-corrected chi connectivity index (χ2v) is 3.96. The van der Waals surface area contributed by atoms with Crippen LogP contribution in [0.15, 0.2) is 30.6 Å². The Balaban J connectivity index is 1.85. The molecule has 2 heterocycles. The zero-order chi connectivity index (χ0) is 13.0. The summed E-state index contributed by atoms with van der Waals surface area (Å²) in [4.78, 5) is 15.9. The molecule has 3 N–H and O–H groups in total. The van der Waals surface area contributed by atoms with E-state index < -0.39 is 0 Å². The summed E-state index contributed by atoms with van der Waals surface area (Å²) in [6.07, 6.45) is 3.29. The van der Waals surface area contributed by atoms with Gasteiger partial charge in [0.15, 0.2) is 0 Å². The molecule has 0 fully saturated rings. The number of carbonyl (C=O) groups is 1. The Morgan fingerprint density at radius 2 is 2.33 bits per heavy atom. The van der Waals surface area contributed by atoms with E-state index in [9.17, 15) is 4.79 Å². The van der Waals surface area contributed by atoms with Gasteiger partial charge in [0.25, 0.3) is 5.91 Å². The zero-order valence-corrected chi connectivity index (χ0v) is 10.1. The highest BCUT2D eigenvalue weighted by Crippen LogP contribution is 1.99. The predicted molar refractivity (Wildman–Crippen MR) is 67.9 cm³/mol. The molecular formula is C12H15N5O. The number of aromatic nitrogens is 3. The van der Waals surface area contributed by atoms with Gasteiger partial charge in [-0.3, -0.25) is 9.48 Å². The highest BCUT2D eigenvalue weighted by Gasteiger charge is 2.06. The maximum absolute atomic E-state index is 11.8. The predicted octanol–water partition coefficient (Wildman–Crippen LogP) is 0.599. The number of nitrogens with one attached hydrogen (secondary N) is 1. The molecule has 0 unspecified atom stereocenters. The lowest BCUT2D eigenvalue weighted by atomic mass is 10.3. The van der Waals surface area contributed by atoms with Crippen molar-refractivity contribution in [3.05, 3.63) is 42.0 Å². The van der Waals surface area contributed by atoms with Crippen LogP contribution in [-0.2, 0) is 6.54 Å². The summed E-state index contributed by atoms with van der Waals surface area (Å²) in [5.74, 6) is -0.182. The van der Waals surface area contributed by atoms with Crippen LogP contribution in [-0.4, -0.2) is 27.2 Å². The van der Waals surface area contributed by atoms with Crippen LogP contribution in [0.3, 0.4) is 0 Å². The number of anilines is 1. The van der Waals surface area contributed by atoms with E-state index in [2.05, 4.69) is 15.4 Å². The fraction of sp³-hybridized carbons (Fsp3) is 0.250. The van der Waals surface area contributed by atoms with Gasteiger partial charge in [-0.1, -0.05) is 6.07 Å². The first-order chi connectivity index (χ1) is 8.65. The lowest BCUT2D eigenvalue weighted by Gasteiger charge is -2.05. The number of nitrogen functional groups attached to an aromatic ring is 1. The monoisotopic (exact) mass is 245 g/mol. The molecule has 1 amide bonds. The molecule has 0 radical (unpaired) electrons. The normalized spacial score (nSPS) is 10.3. The summed E-state index contributed by atoms with van der Waals surface area (Å²) in [7, 11) is 0. The number of hydrogen-bond acceptors (Lipinski definition) is 4. The first-order valence-corrected chi connectivity index (χ1v) is 5.65. The van der Waals surface area contributed by atoms with Crippen molar-refractivity contribution >= 4 is 11.6 Å². The van der Waals surface area contributed by atoms with E-state index in [0.29, 0.717) is 24.5 Å². The van der Waals surface area contributed by atoms with Crippen molar-refractivity contribution in [3.8, 4) is 0 Å². The minimum atomic E-state index is -0.182. The van der Waals surface area contributed by atoms with Crippen LogP contribution >= 0.6 is 0 Å². The molecule has 0 saturated heterocycles. The number of rotatable bonds is 4. The van der Waals surface area contributed by atoms with Crippen LogP contribution in [0.1, 0.15) is 16.2 Å². The number of nitrogens with two attached hydrogens (primary N) is 1. The fourth-order valence-electron chi connectivity index (χ4n) is 1.55. The number of carbonyl (C=O) groups excluding carboxylic acids is 1. The van der Waals surface area contributed by atoms with Crippen LogP contribution in [0.4, 0.5) is 5.69 Å². The standard InChI is InChI=1S/C12H15N5O/c1-9-3-2-4-11(16-9)12(18)14-5-6-17-8-10(13)7-15-17/h2-4,7-8H,5-6,13H2,1H3,(H,14,18). The van der Waals surface area contributed by atoms with E-state index in [4.69, 9.17) is 5.73 Å². The van der Waals surface area contributed by atoms with Gasteiger partial charge in [-0.05, 0) is 19.1 Å². The average Bonchev–Trinajstić information content (AvgIpc) is 2.75. The maximum Gasteiger partial charge on any atom is 0.269 e. The third-order valence-corrected chi connectivity index (χ3v) is 2.40. The molecule has 2 aromatic heterocycles. The van der Waals surface area contributed by atoms with E-state index in [1.165, 1.54) is 0 Å². The smallest absolute Gasteiger partial charge is 0.269 e. The summed E-state index contributed by atoms with van der Waals surface area (Å²) < 4.78 is 1.68. The van der Waals surface area contributed by atoms with Gasteiger partial charge in [-0.25, -0.2) is 4.98 Å². The van der Waals surface area contributed by atoms with Gasteiger partial charge < -0.3 is 11.1 Å². The molecule has 0 aliphatic heterocycles. The molecule has 0 bridgehead atoms. The Labute approximate surface area is 105 Å². The van der Waals surface area contributed by atoms with Crippen LogP contribution < -0.4 is 11.1 Å². The highest BCUT2D eigenvalue weighted by atomic mass is 16.1. The largest absolute Gasteiger partial charge is 0.396 e. The fourth-order valence-corrected chi connectivity index (χ4v) is 1.55. The SMILES string of the molecule is Cc1cccc(C(=O)NCCn2cc(N)cn2)n1. The Kier molecular flexibility index (Phi) is 3.57. The van der Waals surface area contributed by atoms with Crippen molar-refractivity contribution in [1.82, 2.24) is 20.1 Å². The average molecular weight is 245 g/mol. The molecule has 0 aliphatic carbocycles. The first-order valence-electron chi connectivity index (χ1n) is 5.65. The molecule has 0 saturated carbocycles. The molecule has 0 aromatic carbocycles. The second kappa shape index (κ2) is 5.31.